The van der Waals surface area contributed by atoms with Crippen molar-refractivity contribution in [1.29, 1.82) is 0 Å². The molecule has 0 aromatic heterocycles. The lowest BCUT2D eigenvalue weighted by Gasteiger charge is -2.13. The third-order valence-electron chi connectivity index (χ3n) is 2.08. The van der Waals surface area contributed by atoms with Gasteiger partial charge in [-0.25, -0.2) is 0 Å². The molecular formula is C10H11BrN2O4. The van der Waals surface area contributed by atoms with E-state index in [1.54, 1.807) is 13.0 Å². The van der Waals surface area contributed by atoms with E-state index in [2.05, 4.69) is 15.9 Å². The van der Waals surface area contributed by atoms with Crippen LogP contribution in [0.15, 0.2) is 22.7 Å². The van der Waals surface area contributed by atoms with E-state index in [4.69, 9.17) is 10.5 Å². The summed E-state index contributed by atoms with van der Waals surface area (Å²) in [4.78, 5) is 21.2. The van der Waals surface area contributed by atoms with Crippen molar-refractivity contribution in [3.8, 4) is 5.75 Å². The molecule has 6 nitrogen and oxygen atoms in total. The van der Waals surface area contributed by atoms with Crippen LogP contribution in [0.2, 0.25) is 0 Å². The molecule has 0 spiro atoms. The lowest BCUT2D eigenvalue weighted by Crippen LogP contribution is -2.33. The van der Waals surface area contributed by atoms with E-state index in [1.165, 1.54) is 12.1 Å². The third-order valence-corrected chi connectivity index (χ3v) is 2.57. The summed E-state index contributed by atoms with van der Waals surface area (Å²) in [5, 5.41) is 10.8. The number of carbonyl (C=O) groups is 1. The molecule has 0 aliphatic heterocycles. The molecule has 1 rings (SSSR count). The quantitative estimate of drug-likeness (QED) is 0.664. The molecule has 7 heteroatoms. The number of nitrogens with zero attached hydrogens (tertiary/aromatic N) is 1. The number of rotatable bonds is 5. The monoisotopic (exact) mass is 302 g/mol. The molecule has 0 fully saturated rings. The summed E-state index contributed by atoms with van der Waals surface area (Å²) in [6, 6.07) is 4.33. The number of amides is 1. The van der Waals surface area contributed by atoms with E-state index >= 15 is 0 Å². The highest BCUT2D eigenvalue weighted by molar-refractivity contribution is 9.10. The average Bonchev–Trinajstić information content (AvgIpc) is 2.26. The van der Waals surface area contributed by atoms with Gasteiger partial charge in [-0.05, 0) is 18.6 Å². The summed E-state index contributed by atoms with van der Waals surface area (Å²) in [6.45, 7) is 1.71. The fourth-order valence-electron chi connectivity index (χ4n) is 1.23. The Hall–Kier alpha value is -1.63. The molecule has 1 aromatic rings. The molecule has 1 unspecified atom stereocenters. The highest BCUT2D eigenvalue weighted by Gasteiger charge is 2.21. The van der Waals surface area contributed by atoms with Crippen molar-refractivity contribution in [2.24, 2.45) is 5.73 Å². The molecular weight excluding hydrogens is 292 g/mol. The molecule has 0 aliphatic rings. The van der Waals surface area contributed by atoms with Crippen molar-refractivity contribution in [2.75, 3.05) is 0 Å². The van der Waals surface area contributed by atoms with Crippen molar-refractivity contribution in [3.63, 3.8) is 0 Å². The Balaban J connectivity index is 3.05. The van der Waals surface area contributed by atoms with E-state index < -0.39 is 16.9 Å². The minimum Gasteiger partial charge on any atom is -0.473 e. The number of benzene rings is 1. The summed E-state index contributed by atoms with van der Waals surface area (Å²) >= 11 is 3.13. The summed E-state index contributed by atoms with van der Waals surface area (Å²) in [5.74, 6) is -0.617. The highest BCUT2D eigenvalue weighted by Crippen LogP contribution is 2.31. The SMILES string of the molecule is CCC(Oc1ccc(Br)cc1[N+](=O)[O-])C(N)=O. The van der Waals surface area contributed by atoms with E-state index in [0.29, 0.717) is 10.9 Å². The number of nitro benzene ring substituents is 1. The van der Waals surface area contributed by atoms with E-state index in [-0.39, 0.29) is 11.4 Å². The lowest BCUT2D eigenvalue weighted by atomic mass is 10.2. The van der Waals surface area contributed by atoms with Gasteiger partial charge in [-0.1, -0.05) is 22.9 Å². The number of nitro groups is 1. The fourth-order valence-corrected chi connectivity index (χ4v) is 1.58. The van der Waals surface area contributed by atoms with Gasteiger partial charge in [-0.3, -0.25) is 14.9 Å². The number of primary amides is 1. The minimum atomic E-state index is -0.866. The van der Waals surface area contributed by atoms with Crippen LogP contribution in [0.1, 0.15) is 13.3 Å². The maximum atomic E-state index is 11.0. The molecule has 0 saturated carbocycles. The first-order valence-electron chi connectivity index (χ1n) is 4.85. The predicted octanol–water partition coefficient (Wildman–Crippen LogP) is 2.00. The summed E-state index contributed by atoms with van der Waals surface area (Å²) in [7, 11) is 0. The molecule has 2 N–H and O–H groups in total. The van der Waals surface area contributed by atoms with E-state index in [1.807, 2.05) is 0 Å². The second-order valence-corrected chi connectivity index (χ2v) is 4.20. The van der Waals surface area contributed by atoms with E-state index in [9.17, 15) is 14.9 Å². The molecule has 1 aromatic carbocycles. The van der Waals surface area contributed by atoms with Crippen LogP contribution < -0.4 is 10.5 Å². The number of ether oxygens (including phenoxy) is 1. The molecule has 17 heavy (non-hydrogen) atoms. The first kappa shape index (κ1) is 13.4. The van der Waals surface area contributed by atoms with Gasteiger partial charge in [-0.2, -0.15) is 0 Å². The number of halogens is 1. The number of hydrogen-bond donors (Lipinski definition) is 1. The zero-order valence-corrected chi connectivity index (χ0v) is 10.6. The molecule has 92 valence electrons. The standard InChI is InChI=1S/C10H11BrN2O4/c1-2-8(10(12)14)17-9-4-3-6(11)5-7(9)13(15)16/h3-5,8H,2H2,1H3,(H2,12,14). The Morgan fingerprint density at radius 1 is 1.65 bits per heavy atom. The van der Waals surface area contributed by atoms with Gasteiger partial charge in [0.1, 0.15) is 0 Å². The topological polar surface area (TPSA) is 95.5 Å². The second-order valence-electron chi connectivity index (χ2n) is 3.29. The normalized spacial score (nSPS) is 11.9. The Morgan fingerprint density at radius 2 is 2.29 bits per heavy atom. The van der Waals surface area contributed by atoms with Crippen molar-refractivity contribution in [1.82, 2.24) is 0 Å². The lowest BCUT2D eigenvalue weighted by molar-refractivity contribution is -0.386. The smallest absolute Gasteiger partial charge is 0.312 e. The molecule has 0 aliphatic carbocycles. The van der Waals surface area contributed by atoms with Crippen LogP contribution in [0.3, 0.4) is 0 Å². The van der Waals surface area contributed by atoms with Gasteiger partial charge in [0.2, 0.25) is 0 Å². The van der Waals surface area contributed by atoms with Crippen molar-refractivity contribution in [3.05, 3.63) is 32.8 Å². The first-order valence-corrected chi connectivity index (χ1v) is 5.65. The van der Waals surface area contributed by atoms with Gasteiger partial charge in [-0.15, -0.1) is 0 Å². The van der Waals surface area contributed by atoms with Crippen LogP contribution in [-0.4, -0.2) is 16.9 Å². The Labute approximate surface area is 106 Å². The largest absolute Gasteiger partial charge is 0.473 e. The van der Waals surface area contributed by atoms with Gasteiger partial charge in [0.05, 0.1) is 4.92 Å². The first-order chi connectivity index (χ1) is 7.95. The van der Waals surface area contributed by atoms with Crippen LogP contribution in [0, 0.1) is 10.1 Å². The third kappa shape index (κ3) is 3.42. The van der Waals surface area contributed by atoms with E-state index in [0.717, 1.165) is 0 Å². The van der Waals surface area contributed by atoms with Crippen molar-refractivity contribution < 1.29 is 14.5 Å². The number of hydrogen-bond acceptors (Lipinski definition) is 4. The zero-order chi connectivity index (χ0) is 13.0. The Bertz CT molecular complexity index is 450. The van der Waals surface area contributed by atoms with Gasteiger partial charge in [0, 0.05) is 10.5 Å². The number of carbonyl (C=O) groups excluding carboxylic acids is 1. The summed E-state index contributed by atoms with van der Waals surface area (Å²) < 4.78 is 5.79. The van der Waals surface area contributed by atoms with Crippen LogP contribution in [-0.2, 0) is 4.79 Å². The summed E-state index contributed by atoms with van der Waals surface area (Å²) in [5.41, 5.74) is 4.90. The maximum absolute atomic E-state index is 11.0. The molecule has 0 heterocycles. The molecule has 0 radical (unpaired) electrons. The molecule has 0 bridgehead atoms. The fraction of sp³-hybridized carbons (Fsp3) is 0.300. The van der Waals surface area contributed by atoms with Crippen LogP contribution in [0.25, 0.3) is 0 Å². The van der Waals surface area contributed by atoms with Crippen LogP contribution >= 0.6 is 15.9 Å². The van der Waals surface area contributed by atoms with Gasteiger partial charge >= 0.3 is 5.69 Å². The van der Waals surface area contributed by atoms with Gasteiger partial charge in [0.25, 0.3) is 5.91 Å². The van der Waals surface area contributed by atoms with Crippen LogP contribution in [0.4, 0.5) is 5.69 Å². The van der Waals surface area contributed by atoms with Crippen molar-refractivity contribution in [2.45, 2.75) is 19.4 Å². The highest BCUT2D eigenvalue weighted by atomic mass is 79.9. The molecule has 1 amide bonds. The minimum absolute atomic E-state index is 0.0313. The van der Waals surface area contributed by atoms with Crippen LogP contribution in [0.5, 0.6) is 5.75 Å². The predicted molar refractivity (Wildman–Crippen MR) is 64.7 cm³/mol. The Morgan fingerprint density at radius 3 is 2.76 bits per heavy atom. The summed E-state index contributed by atoms with van der Waals surface area (Å²) in [6.07, 6.45) is -0.516. The second kappa shape index (κ2) is 5.62. The zero-order valence-electron chi connectivity index (χ0n) is 9.05. The average molecular weight is 303 g/mol. The number of nitrogens with two attached hydrogens (primary N) is 1. The molecule has 0 saturated heterocycles. The Kier molecular flexibility index (Phi) is 4.45. The maximum Gasteiger partial charge on any atom is 0.312 e. The van der Waals surface area contributed by atoms with Crippen molar-refractivity contribution >= 4 is 27.5 Å². The van der Waals surface area contributed by atoms with Gasteiger partial charge in [0.15, 0.2) is 11.9 Å². The van der Waals surface area contributed by atoms with Gasteiger partial charge < -0.3 is 10.5 Å². The molecule has 1 atom stereocenters.